The highest BCUT2D eigenvalue weighted by atomic mass is 35.5. The molecule has 3 N–H and O–H groups in total. The van der Waals surface area contributed by atoms with Gasteiger partial charge in [0, 0.05) is 36.0 Å². The number of carbonyl (C=O) groups excluding carboxylic acids is 1. The Morgan fingerprint density at radius 1 is 1.18 bits per heavy atom. The number of phenols is 1. The summed E-state index contributed by atoms with van der Waals surface area (Å²) < 4.78 is 5.89. The van der Waals surface area contributed by atoms with Crippen molar-refractivity contribution in [2.24, 2.45) is 0 Å². The molecule has 0 radical (unpaired) electrons. The molecule has 198 valence electrons. The van der Waals surface area contributed by atoms with E-state index in [1.165, 1.54) is 23.9 Å². The van der Waals surface area contributed by atoms with Crippen LogP contribution >= 0.6 is 11.6 Å². The Balaban J connectivity index is 1.59. The number of phenolic OH excluding ortho intramolecular Hbond substituents is 1. The van der Waals surface area contributed by atoms with Crippen LogP contribution in [0.15, 0.2) is 72.9 Å². The third kappa shape index (κ3) is 7.05. The van der Waals surface area contributed by atoms with Crippen molar-refractivity contribution in [3.63, 3.8) is 0 Å². The standard InChI is InChI=1S/C30H28ClN5O3/c1-19-6-8-20(9-7-19)18-39-28-11-10-22(13-24(28)31)34-30-21(16-32)17-33-25-15-27(37)26(14-23(25)30)35-29(38)5-4-12-36(2)3/h4-11,13-15,17,37H,12,18H2,1-3H3,(H,33,34)(H,35,38)/b5-4+. The van der Waals surface area contributed by atoms with Crippen molar-refractivity contribution in [2.45, 2.75) is 13.5 Å². The van der Waals surface area contributed by atoms with E-state index in [0.717, 1.165) is 5.56 Å². The van der Waals surface area contributed by atoms with Gasteiger partial charge in [-0.05, 0) is 50.8 Å². The zero-order valence-electron chi connectivity index (χ0n) is 21.8. The molecule has 39 heavy (non-hydrogen) atoms. The lowest BCUT2D eigenvalue weighted by Gasteiger charge is -2.15. The van der Waals surface area contributed by atoms with Crippen LogP contribution < -0.4 is 15.4 Å². The molecule has 8 nitrogen and oxygen atoms in total. The first-order valence-corrected chi connectivity index (χ1v) is 12.5. The van der Waals surface area contributed by atoms with Crippen LogP contribution in [-0.4, -0.2) is 41.5 Å². The molecule has 0 saturated carbocycles. The second kappa shape index (κ2) is 12.3. The molecule has 0 spiro atoms. The topological polar surface area (TPSA) is 111 Å². The molecule has 1 amide bonds. The summed E-state index contributed by atoms with van der Waals surface area (Å²) in [6.07, 6.45) is 4.54. The lowest BCUT2D eigenvalue weighted by atomic mass is 10.1. The third-order valence-corrected chi connectivity index (χ3v) is 6.12. The number of amides is 1. The van der Waals surface area contributed by atoms with E-state index in [1.807, 2.05) is 50.2 Å². The molecule has 0 fully saturated rings. The van der Waals surface area contributed by atoms with Gasteiger partial charge in [-0.1, -0.05) is 47.5 Å². The fourth-order valence-electron chi connectivity index (χ4n) is 3.78. The zero-order chi connectivity index (χ0) is 27.9. The molecule has 1 aromatic heterocycles. The molecular weight excluding hydrogens is 514 g/mol. The molecule has 1 heterocycles. The minimum absolute atomic E-state index is 0.141. The van der Waals surface area contributed by atoms with Gasteiger partial charge in [-0.2, -0.15) is 5.26 Å². The summed E-state index contributed by atoms with van der Waals surface area (Å²) in [7, 11) is 3.79. The molecular formula is C30H28ClN5O3. The van der Waals surface area contributed by atoms with Crippen molar-refractivity contribution in [1.82, 2.24) is 9.88 Å². The van der Waals surface area contributed by atoms with Crippen molar-refractivity contribution in [1.29, 1.82) is 5.26 Å². The summed E-state index contributed by atoms with van der Waals surface area (Å²) in [4.78, 5) is 18.6. The van der Waals surface area contributed by atoms with Gasteiger partial charge in [-0.3, -0.25) is 9.78 Å². The minimum atomic E-state index is -0.390. The highest BCUT2D eigenvalue weighted by Gasteiger charge is 2.15. The second-order valence-corrected chi connectivity index (χ2v) is 9.65. The van der Waals surface area contributed by atoms with E-state index in [2.05, 4.69) is 21.7 Å². The fourth-order valence-corrected chi connectivity index (χ4v) is 4.01. The number of hydrogen-bond acceptors (Lipinski definition) is 7. The molecule has 0 atom stereocenters. The van der Waals surface area contributed by atoms with E-state index >= 15 is 0 Å². The van der Waals surface area contributed by atoms with E-state index in [9.17, 15) is 15.2 Å². The largest absolute Gasteiger partial charge is 0.506 e. The molecule has 0 saturated heterocycles. The van der Waals surface area contributed by atoms with Gasteiger partial charge in [0.2, 0.25) is 5.91 Å². The Hall–Kier alpha value is -4.58. The van der Waals surface area contributed by atoms with Gasteiger partial charge in [-0.15, -0.1) is 0 Å². The summed E-state index contributed by atoms with van der Waals surface area (Å²) in [5, 5.41) is 27.1. The van der Waals surface area contributed by atoms with Gasteiger partial charge in [-0.25, -0.2) is 0 Å². The van der Waals surface area contributed by atoms with Gasteiger partial charge in [0.25, 0.3) is 0 Å². The number of anilines is 3. The number of halogens is 1. The highest BCUT2D eigenvalue weighted by molar-refractivity contribution is 6.32. The van der Waals surface area contributed by atoms with E-state index in [4.69, 9.17) is 16.3 Å². The lowest BCUT2D eigenvalue weighted by molar-refractivity contribution is -0.111. The maximum absolute atomic E-state index is 12.4. The molecule has 0 bridgehead atoms. The Morgan fingerprint density at radius 3 is 2.64 bits per heavy atom. The lowest BCUT2D eigenvalue weighted by Crippen LogP contribution is -2.13. The van der Waals surface area contributed by atoms with E-state index in [-0.39, 0.29) is 17.0 Å². The second-order valence-electron chi connectivity index (χ2n) is 9.24. The van der Waals surface area contributed by atoms with E-state index < -0.39 is 5.91 Å². The maximum Gasteiger partial charge on any atom is 0.248 e. The quantitative estimate of drug-likeness (QED) is 0.172. The molecule has 0 unspecified atom stereocenters. The number of pyridine rings is 1. The van der Waals surface area contributed by atoms with Crippen LogP contribution in [-0.2, 0) is 11.4 Å². The summed E-state index contributed by atoms with van der Waals surface area (Å²) >= 11 is 6.51. The number of nitrogens with zero attached hydrogens (tertiary/aromatic N) is 3. The van der Waals surface area contributed by atoms with Crippen molar-refractivity contribution >= 4 is 45.5 Å². The van der Waals surface area contributed by atoms with Crippen molar-refractivity contribution in [2.75, 3.05) is 31.3 Å². The third-order valence-electron chi connectivity index (χ3n) is 5.82. The predicted molar refractivity (Wildman–Crippen MR) is 155 cm³/mol. The van der Waals surface area contributed by atoms with Crippen LogP contribution in [0.4, 0.5) is 17.1 Å². The molecule has 0 aliphatic heterocycles. The monoisotopic (exact) mass is 541 g/mol. The number of nitriles is 1. The van der Waals surface area contributed by atoms with Crippen LogP contribution in [0.5, 0.6) is 11.5 Å². The van der Waals surface area contributed by atoms with Crippen LogP contribution in [0.1, 0.15) is 16.7 Å². The first-order valence-electron chi connectivity index (χ1n) is 12.2. The van der Waals surface area contributed by atoms with Crippen LogP contribution in [0.2, 0.25) is 5.02 Å². The predicted octanol–water partition coefficient (Wildman–Crippen LogP) is 6.15. The molecule has 3 aromatic carbocycles. The highest BCUT2D eigenvalue weighted by Crippen LogP contribution is 2.37. The van der Waals surface area contributed by atoms with Crippen molar-refractivity contribution in [3.05, 3.63) is 94.7 Å². The Bertz CT molecular complexity index is 1580. The van der Waals surface area contributed by atoms with Crippen molar-refractivity contribution in [3.8, 4) is 17.6 Å². The number of aryl methyl sites for hydroxylation is 1. The van der Waals surface area contributed by atoms with Crippen LogP contribution in [0, 0.1) is 18.3 Å². The average molecular weight is 542 g/mol. The van der Waals surface area contributed by atoms with E-state index in [0.29, 0.717) is 46.2 Å². The SMILES string of the molecule is Cc1ccc(COc2ccc(Nc3c(C#N)cnc4cc(O)c(NC(=O)/C=C/CN(C)C)cc34)cc2Cl)cc1. The number of hydrogen-bond donors (Lipinski definition) is 3. The van der Waals surface area contributed by atoms with E-state index in [1.54, 1.807) is 30.3 Å². The zero-order valence-corrected chi connectivity index (χ0v) is 22.6. The number of benzene rings is 3. The average Bonchev–Trinajstić information content (AvgIpc) is 2.90. The van der Waals surface area contributed by atoms with Crippen LogP contribution in [0.25, 0.3) is 10.9 Å². The van der Waals surface area contributed by atoms with Gasteiger partial charge in [0.15, 0.2) is 0 Å². The molecule has 9 heteroatoms. The van der Waals surface area contributed by atoms with Gasteiger partial charge in [0.1, 0.15) is 24.2 Å². The number of rotatable bonds is 9. The number of ether oxygens (including phenoxy) is 1. The minimum Gasteiger partial charge on any atom is -0.506 e. The Kier molecular flexibility index (Phi) is 8.67. The molecule has 4 aromatic rings. The van der Waals surface area contributed by atoms with Gasteiger partial charge >= 0.3 is 0 Å². The summed E-state index contributed by atoms with van der Waals surface area (Å²) in [6, 6.07) is 18.5. The number of fused-ring (bicyclic) bond motifs is 1. The van der Waals surface area contributed by atoms with Gasteiger partial charge < -0.3 is 25.4 Å². The van der Waals surface area contributed by atoms with Crippen LogP contribution in [0.3, 0.4) is 0 Å². The Labute approximate surface area is 232 Å². The number of aromatic hydroxyl groups is 1. The number of aromatic nitrogens is 1. The summed E-state index contributed by atoms with van der Waals surface area (Å²) in [5.74, 6) is -0.00307. The van der Waals surface area contributed by atoms with Gasteiger partial charge in [0.05, 0.1) is 27.5 Å². The number of nitrogens with one attached hydrogen (secondary N) is 2. The fraction of sp³-hybridized carbons (Fsp3) is 0.167. The molecule has 0 aliphatic rings. The number of carbonyl (C=O) groups is 1. The maximum atomic E-state index is 12.4. The molecule has 0 aliphatic carbocycles. The summed E-state index contributed by atoms with van der Waals surface area (Å²) in [5.41, 5.74) is 4.21. The normalized spacial score (nSPS) is 11.1. The Morgan fingerprint density at radius 2 is 1.95 bits per heavy atom. The molecule has 4 rings (SSSR count). The summed E-state index contributed by atoms with van der Waals surface area (Å²) in [6.45, 7) is 3.00. The first-order chi connectivity index (χ1) is 18.7. The smallest absolute Gasteiger partial charge is 0.248 e. The van der Waals surface area contributed by atoms with Crippen molar-refractivity contribution < 1.29 is 14.6 Å². The number of likely N-dealkylation sites (N-methyl/N-ethyl adjacent to an activating group) is 1. The first kappa shape index (κ1) is 27.5.